The van der Waals surface area contributed by atoms with Crippen molar-refractivity contribution in [3.05, 3.63) is 11.3 Å². The second-order valence-corrected chi connectivity index (χ2v) is 2.66. The van der Waals surface area contributed by atoms with E-state index in [1.807, 2.05) is 0 Å². The van der Waals surface area contributed by atoms with Gasteiger partial charge in [-0.25, -0.2) is 13.4 Å². The van der Waals surface area contributed by atoms with Gasteiger partial charge in [-0.15, -0.1) is 0 Å². The van der Waals surface area contributed by atoms with Gasteiger partial charge in [-0.05, 0) is 6.92 Å². The van der Waals surface area contributed by atoms with Gasteiger partial charge in [0.15, 0.2) is 0 Å². The molecule has 0 bridgehead atoms. The molecule has 0 aromatic carbocycles. The van der Waals surface area contributed by atoms with Crippen molar-refractivity contribution >= 4 is 19.4 Å². The lowest BCUT2D eigenvalue weighted by atomic mass is 10.1. The molecule has 0 saturated heterocycles. The molecule has 0 saturated carbocycles. The highest BCUT2D eigenvalue weighted by Gasteiger charge is 2.24. The van der Waals surface area contributed by atoms with E-state index in [9.17, 15) is 18.2 Å². The lowest BCUT2D eigenvalue weighted by Crippen LogP contribution is -2.15. The monoisotopic (exact) mass is 236 g/mol. The third kappa shape index (κ3) is 4.76. The van der Waals surface area contributed by atoms with Gasteiger partial charge in [0.05, 0.1) is 32.0 Å². The molecule has 0 unspecified atom stereocenters. The van der Waals surface area contributed by atoms with Gasteiger partial charge in [0, 0.05) is 0 Å². The van der Waals surface area contributed by atoms with E-state index in [4.69, 9.17) is 0 Å². The van der Waals surface area contributed by atoms with Crippen molar-refractivity contribution in [2.24, 2.45) is 0 Å². The second kappa shape index (κ2) is 6.81. The summed E-state index contributed by atoms with van der Waals surface area (Å²) in [4.78, 5) is 22.1. The molecule has 0 aromatic rings. The molecule has 8 heteroatoms. The zero-order valence-electron chi connectivity index (χ0n) is 9.08. The van der Waals surface area contributed by atoms with Crippen LogP contribution in [-0.4, -0.2) is 33.6 Å². The Hall–Kier alpha value is -1.60. The summed E-state index contributed by atoms with van der Waals surface area (Å²) in [5, 5.41) is 0. The number of methoxy groups -OCH3 is 2. The predicted octanol–water partition coefficient (Wildman–Crippen LogP) is 0.937. The van der Waals surface area contributed by atoms with Crippen LogP contribution in [0.2, 0.25) is 0 Å². The average molecular weight is 236 g/mol. The molecular weight excluding hydrogens is 225 g/mol. The summed E-state index contributed by atoms with van der Waals surface area (Å²) in [5.41, 5.74) is -0.297. The molecule has 0 amide bonds. The Balaban J connectivity index is 4.91. The largest absolute Gasteiger partial charge is 0.796 e. The summed E-state index contributed by atoms with van der Waals surface area (Å²) in [7, 11) is -0.896. The topological polar surface area (TPSA) is 61.8 Å². The fraction of sp³-hybridized carbons (Fsp3) is 0.500. The lowest BCUT2D eigenvalue weighted by molar-refractivity contribution is -0.143. The first-order valence-electron chi connectivity index (χ1n) is 4.22. The van der Waals surface area contributed by atoms with E-state index < -0.39 is 25.8 Å². The van der Waals surface area contributed by atoms with Crippen LogP contribution in [0.15, 0.2) is 11.3 Å². The molecular formula is C8H11BF2O5. The number of ether oxygens (including phenoxy) is 2. The van der Waals surface area contributed by atoms with Gasteiger partial charge in [0.2, 0.25) is 0 Å². The maximum Gasteiger partial charge on any atom is 0.796 e. The van der Waals surface area contributed by atoms with Gasteiger partial charge in [0.1, 0.15) is 0 Å². The van der Waals surface area contributed by atoms with Crippen LogP contribution in [0, 0.1) is 0 Å². The first kappa shape index (κ1) is 14.4. The summed E-state index contributed by atoms with van der Waals surface area (Å²) >= 11 is 0. The number of allylic oxidation sites excluding steroid dienone is 1. The molecule has 0 fully saturated rings. The average Bonchev–Trinajstić information content (AvgIpc) is 2.23. The minimum Gasteiger partial charge on any atom is -0.509 e. The summed E-state index contributed by atoms with van der Waals surface area (Å²) in [6.07, 6.45) is -0.484. The SMILES string of the molecule is COC(=O)C/C(C(=O)OC)=C(\C)OB(F)F. The first-order chi connectivity index (χ1) is 7.42. The van der Waals surface area contributed by atoms with Crippen LogP contribution >= 0.6 is 0 Å². The molecule has 0 aromatic heterocycles. The van der Waals surface area contributed by atoms with Crippen molar-refractivity contribution in [2.45, 2.75) is 13.3 Å². The Kier molecular flexibility index (Phi) is 6.13. The minimum atomic E-state index is -3.07. The molecule has 0 aliphatic carbocycles. The minimum absolute atomic E-state index is 0.297. The Morgan fingerprint density at radius 1 is 1.19 bits per heavy atom. The fourth-order valence-electron chi connectivity index (χ4n) is 0.885. The number of carbonyl (C=O) groups excluding carboxylic acids is 2. The molecule has 0 spiro atoms. The standard InChI is InChI=1S/C8H11BF2O5/c1-5(16-9(10)11)6(8(13)15-3)4-7(12)14-2/h4H2,1-3H3/b6-5-. The van der Waals surface area contributed by atoms with Crippen LogP contribution in [-0.2, 0) is 23.7 Å². The van der Waals surface area contributed by atoms with Gasteiger partial charge < -0.3 is 14.1 Å². The molecule has 90 valence electrons. The lowest BCUT2D eigenvalue weighted by Gasteiger charge is -2.09. The van der Waals surface area contributed by atoms with Gasteiger partial charge >= 0.3 is 19.4 Å². The molecule has 0 N–H and O–H groups in total. The third-order valence-corrected chi connectivity index (χ3v) is 1.67. The van der Waals surface area contributed by atoms with Crippen molar-refractivity contribution in [3.8, 4) is 0 Å². The maximum atomic E-state index is 11.9. The van der Waals surface area contributed by atoms with Crippen molar-refractivity contribution in [1.82, 2.24) is 0 Å². The Morgan fingerprint density at radius 3 is 2.12 bits per heavy atom. The van der Waals surface area contributed by atoms with Crippen LogP contribution in [0.3, 0.4) is 0 Å². The summed E-state index contributed by atoms with van der Waals surface area (Å²) in [5.74, 6) is -2.03. The highest BCUT2D eigenvalue weighted by atomic mass is 19.2. The first-order valence-corrected chi connectivity index (χ1v) is 4.22. The van der Waals surface area contributed by atoms with E-state index >= 15 is 0 Å². The molecule has 0 aliphatic rings. The molecule has 0 radical (unpaired) electrons. The van der Waals surface area contributed by atoms with Crippen molar-refractivity contribution < 1.29 is 32.3 Å². The van der Waals surface area contributed by atoms with Crippen molar-refractivity contribution in [2.75, 3.05) is 14.2 Å². The number of halogens is 2. The van der Waals surface area contributed by atoms with Crippen molar-refractivity contribution in [1.29, 1.82) is 0 Å². The van der Waals surface area contributed by atoms with Crippen LogP contribution < -0.4 is 0 Å². The molecule has 5 nitrogen and oxygen atoms in total. The molecule has 0 aliphatic heterocycles. The van der Waals surface area contributed by atoms with Gasteiger partial charge in [-0.1, -0.05) is 0 Å². The van der Waals surface area contributed by atoms with Gasteiger partial charge in [-0.2, -0.15) is 0 Å². The van der Waals surface area contributed by atoms with E-state index in [1.165, 1.54) is 0 Å². The maximum absolute atomic E-state index is 11.9. The fourth-order valence-corrected chi connectivity index (χ4v) is 0.885. The van der Waals surface area contributed by atoms with E-state index in [1.54, 1.807) is 0 Å². The van der Waals surface area contributed by atoms with E-state index in [-0.39, 0.29) is 11.3 Å². The van der Waals surface area contributed by atoms with Crippen LogP contribution in [0.4, 0.5) is 8.63 Å². The van der Waals surface area contributed by atoms with Crippen LogP contribution in [0.25, 0.3) is 0 Å². The predicted molar refractivity (Wildman–Crippen MR) is 50.4 cm³/mol. The Morgan fingerprint density at radius 2 is 1.75 bits per heavy atom. The number of rotatable bonds is 5. The van der Waals surface area contributed by atoms with Gasteiger partial charge in [-0.3, -0.25) is 4.79 Å². The number of hydrogen-bond donors (Lipinski definition) is 0. The highest BCUT2D eigenvalue weighted by molar-refractivity contribution is 6.34. The molecule has 0 rings (SSSR count). The summed E-state index contributed by atoms with van der Waals surface area (Å²) in [6.45, 7) is 1.14. The quantitative estimate of drug-likeness (QED) is 0.307. The van der Waals surface area contributed by atoms with Gasteiger partial charge in [0.25, 0.3) is 0 Å². The number of carbonyl (C=O) groups is 2. The molecule has 16 heavy (non-hydrogen) atoms. The summed E-state index contributed by atoms with van der Waals surface area (Å²) in [6, 6.07) is 0. The zero-order valence-corrected chi connectivity index (χ0v) is 9.08. The van der Waals surface area contributed by atoms with E-state index in [0.717, 1.165) is 21.1 Å². The number of esters is 2. The second-order valence-electron chi connectivity index (χ2n) is 2.66. The summed E-state index contributed by atoms with van der Waals surface area (Å²) < 4.78 is 36.5. The van der Waals surface area contributed by atoms with Crippen LogP contribution in [0.1, 0.15) is 13.3 Å². The number of hydrogen-bond acceptors (Lipinski definition) is 5. The Bertz CT molecular complexity index is 303. The Labute approximate surface area is 91.6 Å². The normalized spacial score (nSPS) is 11.3. The zero-order chi connectivity index (χ0) is 12.7. The third-order valence-electron chi connectivity index (χ3n) is 1.67. The van der Waals surface area contributed by atoms with Crippen molar-refractivity contribution in [3.63, 3.8) is 0 Å². The van der Waals surface area contributed by atoms with E-state index in [2.05, 4.69) is 14.1 Å². The smallest absolute Gasteiger partial charge is 0.509 e. The molecule has 0 atom stereocenters. The van der Waals surface area contributed by atoms with E-state index in [0.29, 0.717) is 0 Å². The van der Waals surface area contributed by atoms with Crippen LogP contribution in [0.5, 0.6) is 0 Å². The highest BCUT2D eigenvalue weighted by Crippen LogP contribution is 2.14. The molecule has 0 heterocycles.